The highest BCUT2D eigenvalue weighted by molar-refractivity contribution is 6.05. The number of hydrogen-bond donors (Lipinski definition) is 1. The summed E-state index contributed by atoms with van der Waals surface area (Å²) in [6, 6.07) is 8.81. The summed E-state index contributed by atoms with van der Waals surface area (Å²) >= 11 is 0. The number of ether oxygens (including phenoxy) is 3. The van der Waals surface area contributed by atoms with Gasteiger partial charge >= 0.3 is 0 Å². The molecule has 1 N–H and O–H groups in total. The van der Waals surface area contributed by atoms with Crippen LogP contribution in [-0.2, 0) is 16.2 Å². The maximum atomic E-state index is 12.4. The van der Waals surface area contributed by atoms with E-state index in [0.717, 1.165) is 5.75 Å². The van der Waals surface area contributed by atoms with E-state index < -0.39 is 0 Å². The van der Waals surface area contributed by atoms with Crippen LogP contribution in [0.25, 0.3) is 11.2 Å². The molecule has 0 aliphatic heterocycles. The first kappa shape index (κ1) is 17.8. The molecule has 0 bridgehead atoms. The smallest absolute Gasteiger partial charge is 0.257 e. The van der Waals surface area contributed by atoms with Crippen LogP contribution in [0.5, 0.6) is 5.75 Å². The van der Waals surface area contributed by atoms with Gasteiger partial charge in [-0.2, -0.15) is 0 Å². The Morgan fingerprint density at radius 2 is 1.96 bits per heavy atom. The zero-order chi connectivity index (χ0) is 18.4. The molecule has 0 aliphatic rings. The Hall–Kier alpha value is -2.97. The van der Waals surface area contributed by atoms with Crippen LogP contribution in [0.3, 0.4) is 0 Å². The molecule has 2 heterocycles. The van der Waals surface area contributed by atoms with Gasteiger partial charge in [0.25, 0.3) is 5.91 Å². The average molecular weight is 356 g/mol. The van der Waals surface area contributed by atoms with Crippen molar-refractivity contribution in [2.24, 2.45) is 0 Å². The second-order valence-corrected chi connectivity index (χ2v) is 5.49. The van der Waals surface area contributed by atoms with E-state index in [2.05, 4.69) is 15.3 Å². The Morgan fingerprint density at radius 1 is 1.15 bits per heavy atom. The van der Waals surface area contributed by atoms with E-state index in [1.54, 1.807) is 55.4 Å². The second-order valence-electron chi connectivity index (χ2n) is 5.49. The molecule has 1 aromatic carbocycles. The van der Waals surface area contributed by atoms with Crippen LogP contribution in [0.15, 0.2) is 42.9 Å². The van der Waals surface area contributed by atoms with Gasteiger partial charge in [-0.05, 0) is 30.3 Å². The molecule has 26 heavy (non-hydrogen) atoms. The number of benzene rings is 1. The quantitative estimate of drug-likeness (QED) is 0.623. The molecule has 0 aliphatic carbocycles. The molecule has 1 amide bonds. The van der Waals surface area contributed by atoms with Crippen LogP contribution in [-0.4, -0.2) is 47.9 Å². The molecule has 2 aromatic heterocycles. The van der Waals surface area contributed by atoms with Crippen molar-refractivity contribution < 1.29 is 19.0 Å². The van der Waals surface area contributed by atoms with Crippen molar-refractivity contribution in [3.05, 3.63) is 48.4 Å². The number of imidazole rings is 1. The third-order valence-electron chi connectivity index (χ3n) is 3.73. The highest BCUT2D eigenvalue weighted by Gasteiger charge is 2.11. The van der Waals surface area contributed by atoms with Gasteiger partial charge in [0.2, 0.25) is 0 Å². The third-order valence-corrected chi connectivity index (χ3v) is 3.73. The van der Waals surface area contributed by atoms with Gasteiger partial charge < -0.3 is 19.5 Å². The van der Waals surface area contributed by atoms with Gasteiger partial charge in [-0.1, -0.05) is 0 Å². The van der Waals surface area contributed by atoms with E-state index in [-0.39, 0.29) is 5.91 Å². The van der Waals surface area contributed by atoms with Crippen molar-refractivity contribution in [3.63, 3.8) is 0 Å². The molecule has 0 saturated carbocycles. The Bertz CT molecular complexity index is 877. The number of nitrogens with zero attached hydrogens (tertiary/aromatic N) is 3. The van der Waals surface area contributed by atoms with Crippen molar-refractivity contribution in [1.82, 2.24) is 14.5 Å². The SMILES string of the molecule is COCCOCn1cnc2cc(C(=O)Nc3ccc(OC)cc3)cnc21. The molecule has 8 nitrogen and oxygen atoms in total. The van der Waals surface area contributed by atoms with Crippen LogP contribution < -0.4 is 10.1 Å². The molecular weight excluding hydrogens is 336 g/mol. The van der Waals surface area contributed by atoms with Gasteiger partial charge in [-0.15, -0.1) is 0 Å². The number of amides is 1. The lowest BCUT2D eigenvalue weighted by molar-refractivity contribution is 0.0356. The molecule has 136 valence electrons. The molecule has 0 unspecified atom stereocenters. The van der Waals surface area contributed by atoms with E-state index in [1.807, 2.05) is 0 Å². The Labute approximate surface area is 150 Å². The number of rotatable bonds is 8. The topological polar surface area (TPSA) is 87.5 Å². The maximum absolute atomic E-state index is 12.4. The minimum Gasteiger partial charge on any atom is -0.497 e. The van der Waals surface area contributed by atoms with Crippen LogP contribution in [0.2, 0.25) is 0 Å². The maximum Gasteiger partial charge on any atom is 0.257 e. The van der Waals surface area contributed by atoms with Gasteiger partial charge in [0.05, 0.1) is 32.2 Å². The summed E-state index contributed by atoms with van der Waals surface area (Å²) < 4.78 is 17.3. The van der Waals surface area contributed by atoms with Crippen LogP contribution in [0.4, 0.5) is 5.69 Å². The highest BCUT2D eigenvalue weighted by Crippen LogP contribution is 2.17. The molecular formula is C18H20N4O4. The lowest BCUT2D eigenvalue weighted by atomic mass is 10.2. The van der Waals surface area contributed by atoms with Crippen LogP contribution >= 0.6 is 0 Å². The highest BCUT2D eigenvalue weighted by atomic mass is 16.5. The van der Waals surface area contributed by atoms with Crippen LogP contribution in [0, 0.1) is 0 Å². The molecule has 8 heteroatoms. The molecule has 0 atom stereocenters. The molecule has 3 rings (SSSR count). The monoisotopic (exact) mass is 356 g/mol. The fraction of sp³-hybridized carbons (Fsp3) is 0.278. The van der Waals surface area contributed by atoms with Gasteiger partial charge in [-0.3, -0.25) is 9.36 Å². The summed E-state index contributed by atoms with van der Waals surface area (Å²) in [5.74, 6) is 0.472. The van der Waals surface area contributed by atoms with E-state index in [0.29, 0.717) is 42.4 Å². The third kappa shape index (κ3) is 4.16. The molecule has 3 aromatic rings. The first-order chi connectivity index (χ1) is 12.7. The Morgan fingerprint density at radius 3 is 2.69 bits per heavy atom. The number of hydrogen-bond acceptors (Lipinski definition) is 6. The standard InChI is InChI=1S/C18H20N4O4/c1-24-7-8-26-12-22-11-20-16-9-13(10-19-17(16)22)18(23)21-14-3-5-15(25-2)6-4-14/h3-6,9-11H,7-8,12H2,1-2H3,(H,21,23). The minimum absolute atomic E-state index is 0.254. The van der Waals surface area contributed by atoms with Gasteiger partial charge in [-0.25, -0.2) is 9.97 Å². The normalized spacial score (nSPS) is 10.8. The van der Waals surface area contributed by atoms with Gasteiger partial charge in [0.15, 0.2) is 5.65 Å². The lowest BCUT2D eigenvalue weighted by Crippen LogP contribution is -2.12. The van der Waals surface area contributed by atoms with Crippen molar-refractivity contribution >= 4 is 22.8 Å². The predicted molar refractivity (Wildman–Crippen MR) is 96.3 cm³/mol. The van der Waals surface area contributed by atoms with Gasteiger partial charge in [0.1, 0.15) is 18.0 Å². The number of pyridine rings is 1. The van der Waals surface area contributed by atoms with E-state index in [1.165, 1.54) is 6.20 Å². The lowest BCUT2D eigenvalue weighted by Gasteiger charge is -2.07. The number of aromatic nitrogens is 3. The number of nitrogens with one attached hydrogen (secondary N) is 1. The van der Waals surface area contributed by atoms with Crippen molar-refractivity contribution in [1.29, 1.82) is 0 Å². The van der Waals surface area contributed by atoms with E-state index in [4.69, 9.17) is 14.2 Å². The Balaban J connectivity index is 1.69. The van der Waals surface area contributed by atoms with E-state index >= 15 is 0 Å². The summed E-state index contributed by atoms with van der Waals surface area (Å²) in [5.41, 5.74) is 2.39. The number of carbonyl (C=O) groups is 1. The first-order valence-electron chi connectivity index (χ1n) is 8.04. The zero-order valence-corrected chi connectivity index (χ0v) is 14.6. The number of anilines is 1. The zero-order valence-electron chi connectivity index (χ0n) is 14.6. The fourth-order valence-corrected chi connectivity index (χ4v) is 2.35. The van der Waals surface area contributed by atoms with Crippen molar-refractivity contribution in [2.45, 2.75) is 6.73 Å². The fourth-order valence-electron chi connectivity index (χ4n) is 2.35. The van der Waals surface area contributed by atoms with Crippen LogP contribution in [0.1, 0.15) is 10.4 Å². The predicted octanol–water partition coefficient (Wildman–Crippen LogP) is 2.31. The summed E-state index contributed by atoms with van der Waals surface area (Å²) in [5, 5.41) is 2.82. The van der Waals surface area contributed by atoms with Crippen molar-refractivity contribution in [2.75, 3.05) is 32.8 Å². The first-order valence-corrected chi connectivity index (χ1v) is 8.04. The van der Waals surface area contributed by atoms with Crippen molar-refractivity contribution in [3.8, 4) is 5.75 Å². The number of fused-ring (bicyclic) bond motifs is 1. The summed E-state index contributed by atoms with van der Waals surface area (Å²) in [4.78, 5) is 21.0. The van der Waals surface area contributed by atoms with Gasteiger partial charge in [0, 0.05) is 19.0 Å². The summed E-state index contributed by atoms with van der Waals surface area (Å²) in [6.45, 7) is 1.33. The number of carbonyl (C=O) groups excluding carboxylic acids is 1. The second kappa shape index (κ2) is 8.41. The van der Waals surface area contributed by atoms with E-state index in [9.17, 15) is 4.79 Å². The molecule has 0 radical (unpaired) electrons. The molecule has 0 fully saturated rings. The average Bonchev–Trinajstić information content (AvgIpc) is 3.08. The molecule has 0 saturated heterocycles. The molecule has 0 spiro atoms. The largest absolute Gasteiger partial charge is 0.497 e. The Kier molecular flexibility index (Phi) is 5.77. The minimum atomic E-state index is -0.254. The summed E-state index contributed by atoms with van der Waals surface area (Å²) in [6.07, 6.45) is 3.16. The summed E-state index contributed by atoms with van der Waals surface area (Å²) in [7, 11) is 3.21. The number of methoxy groups -OCH3 is 2.